The van der Waals surface area contributed by atoms with Crippen molar-refractivity contribution in [2.75, 3.05) is 41.4 Å². The van der Waals surface area contributed by atoms with Crippen LogP contribution < -0.4 is 18.9 Å². The van der Waals surface area contributed by atoms with Gasteiger partial charge >= 0.3 is 11.9 Å². The smallest absolute Gasteiger partial charge is 0.310 e. The second-order valence-corrected chi connectivity index (χ2v) is 16.7. The highest BCUT2D eigenvalue weighted by Crippen LogP contribution is 2.67. The van der Waals surface area contributed by atoms with Gasteiger partial charge in [-0.1, -0.05) is 12.1 Å². The van der Waals surface area contributed by atoms with Crippen LogP contribution in [0.2, 0.25) is 0 Å². The first-order valence-corrected chi connectivity index (χ1v) is 19.4. The van der Waals surface area contributed by atoms with Crippen LogP contribution >= 0.6 is 0 Å². The van der Waals surface area contributed by atoms with Crippen molar-refractivity contribution >= 4 is 11.9 Å². The number of esters is 2. The van der Waals surface area contributed by atoms with Crippen LogP contribution in [-0.2, 0) is 42.7 Å². The van der Waals surface area contributed by atoms with Gasteiger partial charge in [-0.15, -0.1) is 0 Å². The Morgan fingerprint density at radius 3 is 1.56 bits per heavy atom. The van der Waals surface area contributed by atoms with Gasteiger partial charge in [-0.25, -0.2) is 0 Å². The topological polar surface area (TPSA) is 136 Å². The van der Waals surface area contributed by atoms with Crippen molar-refractivity contribution in [3.63, 3.8) is 0 Å². The minimum atomic E-state index is -1.08. The molecule has 10 rings (SSSR count). The van der Waals surface area contributed by atoms with Crippen LogP contribution in [0.1, 0.15) is 73.6 Å². The lowest BCUT2D eigenvalue weighted by Gasteiger charge is -2.61. The molecule has 4 aliphatic carbocycles. The molecule has 2 fully saturated rings. The Morgan fingerprint density at radius 1 is 0.722 bits per heavy atom. The maximum atomic E-state index is 13.3. The highest BCUT2D eigenvalue weighted by atomic mass is 16.6. The molecule has 286 valence electrons. The first-order chi connectivity index (χ1) is 26.0. The number of carbonyl (C=O) groups is 2. The fraction of sp³-hybridized carbons (Fsp3) is 0.571. The van der Waals surface area contributed by atoms with Crippen molar-refractivity contribution in [1.29, 1.82) is 0 Å². The molecule has 2 aromatic rings. The summed E-state index contributed by atoms with van der Waals surface area (Å²) in [6.07, 6.45) is 6.85. The summed E-state index contributed by atoms with van der Waals surface area (Å²) in [6, 6.07) is 7.80. The number of benzene rings is 2. The van der Waals surface area contributed by atoms with E-state index in [1.807, 2.05) is 24.3 Å². The molecule has 0 saturated carbocycles. The van der Waals surface area contributed by atoms with Crippen LogP contribution in [0.4, 0.5) is 0 Å². The van der Waals surface area contributed by atoms with Crippen molar-refractivity contribution in [2.45, 2.75) is 111 Å². The SMILES string of the molecule is COc1ccc2c3c1O[C@H]1C(OC(=O)CCCCC(=O)OC4=CC[C@@]5(O)[C@H]6Cc7ccc(OC)c8c7[C@@]5(CCN6C)[C@H]4O8)=CC[C@@]4(O)[C@H](C2)N(C)CC[C@]314. The summed E-state index contributed by atoms with van der Waals surface area (Å²) in [5.41, 5.74) is 0.592. The Balaban J connectivity index is 0.806. The van der Waals surface area contributed by atoms with Crippen molar-refractivity contribution in [2.24, 2.45) is 0 Å². The average molecular weight is 741 g/mol. The Labute approximate surface area is 314 Å². The summed E-state index contributed by atoms with van der Waals surface area (Å²) in [7, 11) is 7.34. The van der Waals surface area contributed by atoms with E-state index in [4.69, 9.17) is 28.4 Å². The highest BCUT2D eigenvalue weighted by molar-refractivity contribution is 5.73. The molecule has 0 amide bonds. The number of hydrogen-bond acceptors (Lipinski definition) is 12. The van der Waals surface area contributed by atoms with Crippen LogP contribution in [0.15, 0.2) is 47.9 Å². The molecular formula is C42H48N2O10. The van der Waals surface area contributed by atoms with Crippen molar-refractivity contribution in [3.8, 4) is 23.0 Å². The number of rotatable bonds is 9. The van der Waals surface area contributed by atoms with Crippen molar-refractivity contribution in [1.82, 2.24) is 9.80 Å². The molecule has 2 saturated heterocycles. The second-order valence-electron chi connectivity index (χ2n) is 16.7. The Kier molecular flexibility index (Phi) is 7.46. The van der Waals surface area contributed by atoms with Gasteiger partial charge in [0.25, 0.3) is 0 Å². The molecule has 2 spiro atoms. The lowest BCUT2D eigenvalue weighted by atomic mass is 9.50. The molecule has 12 heteroatoms. The lowest BCUT2D eigenvalue weighted by molar-refractivity contribution is -0.169. The molecule has 0 aromatic heterocycles. The van der Waals surface area contributed by atoms with Crippen molar-refractivity contribution in [3.05, 3.63) is 70.2 Å². The fourth-order valence-electron chi connectivity index (χ4n) is 12.1. The van der Waals surface area contributed by atoms with Gasteiger partial charge in [-0.05, 0) is 101 Å². The minimum absolute atomic E-state index is 0.0903. The molecular weight excluding hydrogens is 692 g/mol. The lowest BCUT2D eigenvalue weighted by Crippen LogP contribution is -2.74. The van der Waals surface area contributed by atoms with Gasteiger partial charge in [0.2, 0.25) is 0 Å². The number of likely N-dealkylation sites (N-methyl/N-ethyl adjacent to an activating group) is 2. The largest absolute Gasteiger partial charge is 0.493 e. The third kappa shape index (κ3) is 4.17. The maximum absolute atomic E-state index is 13.3. The van der Waals surface area contributed by atoms with E-state index in [9.17, 15) is 19.8 Å². The minimum Gasteiger partial charge on any atom is -0.493 e. The fourth-order valence-corrected chi connectivity index (χ4v) is 12.1. The number of likely N-dealkylation sites (tertiary alicyclic amines) is 2. The molecule has 4 heterocycles. The summed E-state index contributed by atoms with van der Waals surface area (Å²) in [4.78, 5) is 31.1. The number of hydrogen-bond donors (Lipinski definition) is 2. The zero-order valence-electron chi connectivity index (χ0n) is 31.3. The van der Waals surface area contributed by atoms with Gasteiger partial charge in [0.15, 0.2) is 35.2 Å². The highest BCUT2D eigenvalue weighted by Gasteiger charge is 2.73. The quantitative estimate of drug-likeness (QED) is 0.287. The van der Waals surface area contributed by atoms with E-state index in [0.717, 1.165) is 35.3 Å². The summed E-state index contributed by atoms with van der Waals surface area (Å²) in [6.45, 7) is 1.57. The Bertz CT molecular complexity index is 1900. The predicted octanol–water partition coefficient (Wildman–Crippen LogP) is 3.61. The van der Waals surface area contributed by atoms with Crippen LogP contribution in [0.3, 0.4) is 0 Å². The van der Waals surface area contributed by atoms with E-state index >= 15 is 0 Å². The number of ether oxygens (including phenoxy) is 6. The van der Waals surface area contributed by atoms with E-state index in [1.165, 1.54) is 0 Å². The Morgan fingerprint density at radius 2 is 1.15 bits per heavy atom. The molecule has 0 radical (unpaired) electrons. The summed E-state index contributed by atoms with van der Waals surface area (Å²) in [5, 5.41) is 24.9. The number of methoxy groups -OCH3 is 2. The number of carbonyl (C=O) groups excluding carboxylic acids is 2. The van der Waals surface area contributed by atoms with Crippen LogP contribution in [0.25, 0.3) is 0 Å². The van der Waals surface area contributed by atoms with E-state index in [2.05, 4.69) is 36.0 Å². The monoisotopic (exact) mass is 740 g/mol. The van der Waals surface area contributed by atoms with Gasteiger partial charge in [-0.2, -0.15) is 0 Å². The van der Waals surface area contributed by atoms with Crippen LogP contribution in [-0.4, -0.2) is 109 Å². The Hall–Kier alpha value is -4.10. The standard InChI is InChI=1S/C42H48N2O10/c1-43-19-17-39-33-23-9-11-25(49-3)35(33)53-37(39)27(13-15-41(39,47)29(43)21-23)51-31(45)7-5-6-8-32(46)52-28-14-16-42(48)30-22-24-10-12-26(50-4)36-34(24)40(42,38(28)54-36)18-20-44(30)2/h9-14,29-30,37-38,47-48H,5-8,15-22H2,1-4H3/t29-,30+,37-,38-,39-,40-,41+,42+/m0/s1. The summed E-state index contributed by atoms with van der Waals surface area (Å²) < 4.78 is 36.7. The van der Waals surface area contributed by atoms with Crippen LogP contribution in [0.5, 0.6) is 23.0 Å². The van der Waals surface area contributed by atoms with Crippen LogP contribution in [0, 0.1) is 0 Å². The summed E-state index contributed by atoms with van der Waals surface area (Å²) >= 11 is 0. The third-order valence-corrected chi connectivity index (χ3v) is 14.6. The van der Waals surface area contributed by atoms with E-state index < -0.39 is 46.2 Å². The number of aliphatic hydroxyl groups is 2. The molecule has 2 N–H and O–H groups in total. The van der Waals surface area contributed by atoms with Gasteiger partial charge in [0.1, 0.15) is 11.5 Å². The molecule has 2 aromatic carbocycles. The molecule has 8 aliphatic rings. The number of nitrogens with zero attached hydrogens (tertiary/aromatic N) is 2. The molecule has 12 nitrogen and oxygen atoms in total. The van der Waals surface area contributed by atoms with E-state index in [1.54, 1.807) is 14.2 Å². The average Bonchev–Trinajstić information content (AvgIpc) is 3.70. The number of piperidine rings is 2. The van der Waals surface area contributed by atoms with Gasteiger partial charge < -0.3 is 48.4 Å². The van der Waals surface area contributed by atoms with Crippen molar-refractivity contribution < 1.29 is 48.2 Å². The molecule has 4 bridgehead atoms. The zero-order valence-corrected chi connectivity index (χ0v) is 31.3. The predicted molar refractivity (Wildman–Crippen MR) is 194 cm³/mol. The van der Waals surface area contributed by atoms with E-state index in [-0.39, 0.29) is 24.9 Å². The maximum Gasteiger partial charge on any atom is 0.310 e. The van der Waals surface area contributed by atoms with E-state index in [0.29, 0.717) is 85.9 Å². The summed E-state index contributed by atoms with van der Waals surface area (Å²) in [5.74, 6) is 2.52. The first-order valence-electron chi connectivity index (χ1n) is 19.4. The first kappa shape index (κ1) is 34.4. The molecule has 54 heavy (non-hydrogen) atoms. The third-order valence-electron chi connectivity index (χ3n) is 14.6. The molecule has 8 atom stereocenters. The van der Waals surface area contributed by atoms with Gasteiger partial charge in [-0.3, -0.25) is 9.59 Å². The zero-order chi connectivity index (χ0) is 37.4. The van der Waals surface area contributed by atoms with Gasteiger partial charge in [0, 0.05) is 48.9 Å². The normalized spacial score (nSPS) is 36.1. The number of unbranched alkanes of at least 4 members (excludes halogenated alkanes) is 1. The second kappa shape index (κ2) is 11.7. The molecule has 4 aliphatic heterocycles. The van der Waals surface area contributed by atoms with Gasteiger partial charge in [0.05, 0.1) is 36.3 Å². The molecule has 0 unspecified atom stereocenters.